The maximum Gasteiger partial charge on any atom is 0.266 e. The molecule has 3 aromatic rings. The van der Waals surface area contributed by atoms with Gasteiger partial charge >= 0.3 is 0 Å². The van der Waals surface area contributed by atoms with Crippen LogP contribution in [0.2, 0.25) is 5.02 Å². The number of benzene rings is 2. The van der Waals surface area contributed by atoms with Gasteiger partial charge in [-0.05, 0) is 37.3 Å². The van der Waals surface area contributed by atoms with Gasteiger partial charge in [-0.3, -0.25) is 9.59 Å². The highest BCUT2D eigenvalue weighted by atomic mass is 35.5. The van der Waals surface area contributed by atoms with E-state index in [0.29, 0.717) is 22.8 Å². The molecule has 0 saturated carbocycles. The Labute approximate surface area is 156 Å². The number of aryl methyl sites for hydroxylation is 1. The minimum Gasteiger partial charge on any atom is -0.350 e. The molecule has 0 radical (unpaired) electrons. The van der Waals surface area contributed by atoms with Gasteiger partial charge in [-0.15, -0.1) is 0 Å². The lowest BCUT2D eigenvalue weighted by molar-refractivity contribution is 0.0951. The molecule has 26 heavy (non-hydrogen) atoms. The quantitative estimate of drug-likeness (QED) is 0.752. The fourth-order valence-electron chi connectivity index (χ4n) is 2.47. The zero-order valence-corrected chi connectivity index (χ0v) is 15.0. The molecular formula is C20H18ClN3O2. The number of nitrogens with zero attached hydrogens (tertiary/aromatic N) is 2. The highest BCUT2D eigenvalue weighted by molar-refractivity contribution is 6.30. The monoisotopic (exact) mass is 367 g/mol. The molecular weight excluding hydrogens is 350 g/mol. The molecule has 6 heteroatoms. The van der Waals surface area contributed by atoms with Crippen molar-refractivity contribution in [3.63, 3.8) is 0 Å². The first-order valence-corrected chi connectivity index (χ1v) is 8.60. The van der Waals surface area contributed by atoms with E-state index in [2.05, 4.69) is 10.4 Å². The van der Waals surface area contributed by atoms with E-state index in [9.17, 15) is 9.59 Å². The van der Waals surface area contributed by atoms with Gasteiger partial charge in [0.1, 0.15) is 0 Å². The lowest BCUT2D eigenvalue weighted by Gasteiger charge is -2.09. The molecule has 0 saturated heterocycles. The standard InChI is InChI=1S/C20H18ClN3O2/c1-14-2-4-16(5-3-14)20(26)22-12-13-24-19(25)11-10-18(23-24)15-6-8-17(21)9-7-15/h2-11H,12-13H2,1H3,(H,22,26). The summed E-state index contributed by atoms with van der Waals surface area (Å²) in [7, 11) is 0. The maximum atomic E-state index is 12.1. The molecule has 3 rings (SSSR count). The van der Waals surface area contributed by atoms with E-state index in [0.717, 1.165) is 11.1 Å². The Morgan fingerprint density at radius 2 is 1.73 bits per heavy atom. The average molecular weight is 368 g/mol. The largest absolute Gasteiger partial charge is 0.350 e. The first-order chi connectivity index (χ1) is 12.5. The normalized spacial score (nSPS) is 10.5. The molecule has 0 unspecified atom stereocenters. The topological polar surface area (TPSA) is 64.0 Å². The zero-order valence-electron chi connectivity index (χ0n) is 14.3. The molecule has 0 spiro atoms. The second kappa shape index (κ2) is 7.97. The fourth-order valence-corrected chi connectivity index (χ4v) is 2.59. The van der Waals surface area contributed by atoms with Crippen LogP contribution in [0.1, 0.15) is 15.9 Å². The van der Waals surface area contributed by atoms with Crippen molar-refractivity contribution < 1.29 is 4.79 Å². The Balaban J connectivity index is 1.67. The smallest absolute Gasteiger partial charge is 0.266 e. The molecule has 0 aliphatic rings. The van der Waals surface area contributed by atoms with E-state index in [-0.39, 0.29) is 18.0 Å². The van der Waals surface area contributed by atoms with Crippen LogP contribution in [0.5, 0.6) is 0 Å². The molecule has 5 nitrogen and oxygen atoms in total. The van der Waals surface area contributed by atoms with Crippen molar-refractivity contribution in [2.75, 3.05) is 6.54 Å². The summed E-state index contributed by atoms with van der Waals surface area (Å²) in [6, 6.07) is 17.7. The summed E-state index contributed by atoms with van der Waals surface area (Å²) in [5.41, 5.74) is 3.01. The van der Waals surface area contributed by atoms with Crippen LogP contribution in [0.25, 0.3) is 11.3 Å². The summed E-state index contributed by atoms with van der Waals surface area (Å²) in [5.74, 6) is -0.174. The first kappa shape index (κ1) is 17.9. The van der Waals surface area contributed by atoms with Crippen LogP contribution in [0.15, 0.2) is 65.5 Å². The Bertz CT molecular complexity index is 964. The molecule has 0 aliphatic carbocycles. The van der Waals surface area contributed by atoms with E-state index in [1.165, 1.54) is 10.7 Å². The summed E-state index contributed by atoms with van der Waals surface area (Å²) in [4.78, 5) is 24.1. The first-order valence-electron chi connectivity index (χ1n) is 8.22. The summed E-state index contributed by atoms with van der Waals surface area (Å²) in [5, 5.41) is 7.81. The number of hydrogen-bond donors (Lipinski definition) is 1. The number of hydrogen-bond acceptors (Lipinski definition) is 3. The second-order valence-corrected chi connectivity index (χ2v) is 6.35. The van der Waals surface area contributed by atoms with Crippen LogP contribution in [-0.4, -0.2) is 22.2 Å². The van der Waals surface area contributed by atoms with Gasteiger partial charge in [-0.25, -0.2) is 4.68 Å². The predicted molar refractivity (Wildman–Crippen MR) is 102 cm³/mol. The lowest BCUT2D eigenvalue weighted by atomic mass is 10.1. The molecule has 132 valence electrons. The second-order valence-electron chi connectivity index (χ2n) is 5.91. The molecule has 1 aromatic heterocycles. The zero-order chi connectivity index (χ0) is 18.5. The third-order valence-corrected chi connectivity index (χ3v) is 4.18. The van der Waals surface area contributed by atoms with Crippen LogP contribution in [0.3, 0.4) is 0 Å². The molecule has 0 bridgehead atoms. The summed E-state index contributed by atoms with van der Waals surface area (Å²) in [6.07, 6.45) is 0. The molecule has 1 heterocycles. The van der Waals surface area contributed by atoms with Crippen LogP contribution in [0, 0.1) is 6.92 Å². The Kier molecular flexibility index (Phi) is 5.49. The molecule has 0 atom stereocenters. The van der Waals surface area contributed by atoms with Crippen molar-refractivity contribution in [3.8, 4) is 11.3 Å². The number of nitrogens with one attached hydrogen (secondary N) is 1. The van der Waals surface area contributed by atoms with Gasteiger partial charge in [-0.2, -0.15) is 5.10 Å². The average Bonchev–Trinajstić information content (AvgIpc) is 2.64. The molecule has 0 aliphatic heterocycles. The highest BCUT2D eigenvalue weighted by Gasteiger charge is 2.06. The van der Waals surface area contributed by atoms with E-state index in [1.807, 2.05) is 31.2 Å². The molecule has 1 N–H and O–H groups in total. The van der Waals surface area contributed by atoms with Gasteiger partial charge in [0.15, 0.2) is 0 Å². The number of carbonyl (C=O) groups excluding carboxylic acids is 1. The third-order valence-electron chi connectivity index (χ3n) is 3.93. The third kappa shape index (κ3) is 4.37. The van der Waals surface area contributed by atoms with Crippen LogP contribution >= 0.6 is 11.6 Å². The van der Waals surface area contributed by atoms with Crippen molar-refractivity contribution in [1.82, 2.24) is 15.1 Å². The Morgan fingerprint density at radius 1 is 1.04 bits per heavy atom. The summed E-state index contributed by atoms with van der Waals surface area (Å²) < 4.78 is 1.35. The number of halogens is 1. The van der Waals surface area contributed by atoms with Crippen LogP contribution in [-0.2, 0) is 6.54 Å². The van der Waals surface area contributed by atoms with Crippen LogP contribution in [0.4, 0.5) is 0 Å². The van der Waals surface area contributed by atoms with Gasteiger partial charge in [0, 0.05) is 28.8 Å². The highest BCUT2D eigenvalue weighted by Crippen LogP contribution is 2.18. The van der Waals surface area contributed by atoms with Gasteiger partial charge in [0.25, 0.3) is 11.5 Å². The fraction of sp³-hybridized carbons (Fsp3) is 0.150. The number of aromatic nitrogens is 2. The molecule has 2 aromatic carbocycles. The predicted octanol–water partition coefficient (Wildman–Crippen LogP) is 3.30. The minimum absolute atomic E-state index is 0.174. The molecule has 1 amide bonds. The number of amides is 1. The van der Waals surface area contributed by atoms with Gasteiger partial charge in [0.05, 0.1) is 12.2 Å². The maximum absolute atomic E-state index is 12.1. The van der Waals surface area contributed by atoms with E-state index in [4.69, 9.17) is 11.6 Å². The SMILES string of the molecule is Cc1ccc(C(=O)NCCn2nc(-c3ccc(Cl)cc3)ccc2=O)cc1. The van der Waals surface area contributed by atoms with Crippen LogP contribution < -0.4 is 10.9 Å². The lowest BCUT2D eigenvalue weighted by Crippen LogP contribution is -2.31. The van der Waals surface area contributed by atoms with Crippen molar-refractivity contribution >= 4 is 17.5 Å². The van der Waals surface area contributed by atoms with Gasteiger partial charge in [0.2, 0.25) is 0 Å². The Hall–Kier alpha value is -2.92. The van der Waals surface area contributed by atoms with Crippen molar-refractivity contribution in [2.45, 2.75) is 13.5 Å². The van der Waals surface area contributed by atoms with E-state index in [1.54, 1.807) is 30.3 Å². The van der Waals surface area contributed by atoms with Crippen molar-refractivity contribution in [1.29, 1.82) is 0 Å². The van der Waals surface area contributed by atoms with E-state index >= 15 is 0 Å². The van der Waals surface area contributed by atoms with Gasteiger partial charge in [-0.1, -0.05) is 41.4 Å². The van der Waals surface area contributed by atoms with Crippen molar-refractivity contribution in [3.05, 3.63) is 87.2 Å². The van der Waals surface area contributed by atoms with Gasteiger partial charge < -0.3 is 5.32 Å². The number of rotatable bonds is 5. The minimum atomic E-state index is -0.215. The molecule has 0 fully saturated rings. The Morgan fingerprint density at radius 3 is 2.42 bits per heavy atom. The van der Waals surface area contributed by atoms with E-state index < -0.39 is 0 Å². The van der Waals surface area contributed by atoms with Crippen molar-refractivity contribution in [2.24, 2.45) is 0 Å². The summed E-state index contributed by atoms with van der Waals surface area (Å²) >= 11 is 5.90. The number of carbonyl (C=O) groups is 1. The summed E-state index contributed by atoms with van der Waals surface area (Å²) in [6.45, 7) is 2.56.